The van der Waals surface area contributed by atoms with Crippen LogP contribution in [-0.2, 0) is 11.2 Å². The van der Waals surface area contributed by atoms with Crippen LogP contribution in [0.1, 0.15) is 12.2 Å². The summed E-state index contributed by atoms with van der Waals surface area (Å²) >= 11 is 0. The molecule has 0 unspecified atom stereocenters. The predicted octanol–water partition coefficient (Wildman–Crippen LogP) is 3.41. The number of benzene rings is 1. The van der Waals surface area contributed by atoms with Crippen LogP contribution in [0, 0.1) is 0 Å². The summed E-state index contributed by atoms with van der Waals surface area (Å²) in [5, 5.41) is 3.80. The third-order valence-corrected chi connectivity index (χ3v) is 3.35. The number of nitrogens with one attached hydrogen (secondary N) is 1. The number of carbonyl (C=O) groups excluding carboxylic acids is 1. The fourth-order valence-corrected chi connectivity index (χ4v) is 2.21. The number of anilines is 1. The minimum Gasteiger partial charge on any atom is -0.497 e. The molecule has 0 spiro atoms. The maximum Gasteiger partial charge on any atom is 0.224 e. The first-order chi connectivity index (χ1) is 10.7. The summed E-state index contributed by atoms with van der Waals surface area (Å²) in [5.74, 6) is 1.50. The van der Waals surface area contributed by atoms with E-state index in [9.17, 15) is 4.79 Å². The van der Waals surface area contributed by atoms with Gasteiger partial charge in [-0.25, -0.2) is 0 Å². The molecular weight excluding hydrogens is 280 g/mol. The van der Waals surface area contributed by atoms with Gasteiger partial charge >= 0.3 is 0 Å². The molecular formula is C17H16N2O3. The molecule has 112 valence electrons. The second-order valence-corrected chi connectivity index (χ2v) is 4.91. The Hall–Kier alpha value is -2.82. The Bertz CT molecular complexity index is 782. The summed E-state index contributed by atoms with van der Waals surface area (Å²) in [6.45, 7) is 0. The van der Waals surface area contributed by atoms with Crippen molar-refractivity contribution in [3.63, 3.8) is 0 Å². The number of carbonyl (C=O) groups is 1. The summed E-state index contributed by atoms with van der Waals surface area (Å²) in [6, 6.07) is 11.2. The molecule has 0 saturated heterocycles. The number of aryl methyl sites for hydroxylation is 1. The average molecular weight is 296 g/mol. The van der Waals surface area contributed by atoms with Gasteiger partial charge in [-0.3, -0.25) is 9.78 Å². The number of amides is 1. The van der Waals surface area contributed by atoms with Crippen LogP contribution in [0.25, 0.3) is 10.9 Å². The molecule has 0 aliphatic heterocycles. The highest BCUT2D eigenvalue weighted by Crippen LogP contribution is 2.21. The van der Waals surface area contributed by atoms with Crippen LogP contribution in [0.2, 0.25) is 0 Å². The van der Waals surface area contributed by atoms with Gasteiger partial charge in [-0.05, 0) is 30.3 Å². The topological polar surface area (TPSA) is 64.4 Å². The fourth-order valence-electron chi connectivity index (χ4n) is 2.21. The molecule has 3 aromatic rings. The van der Waals surface area contributed by atoms with Gasteiger partial charge < -0.3 is 14.5 Å². The Kier molecular flexibility index (Phi) is 4.05. The van der Waals surface area contributed by atoms with Gasteiger partial charge in [0.05, 0.1) is 30.8 Å². The monoisotopic (exact) mass is 296 g/mol. The van der Waals surface area contributed by atoms with Crippen molar-refractivity contribution in [3.05, 3.63) is 54.6 Å². The number of methoxy groups -OCH3 is 1. The number of furan rings is 1. The number of aromatic nitrogens is 1. The van der Waals surface area contributed by atoms with Crippen molar-refractivity contribution in [1.82, 2.24) is 4.98 Å². The number of pyridine rings is 1. The molecule has 5 heteroatoms. The smallest absolute Gasteiger partial charge is 0.224 e. The molecule has 3 rings (SSSR count). The van der Waals surface area contributed by atoms with E-state index < -0.39 is 0 Å². The van der Waals surface area contributed by atoms with Gasteiger partial charge in [0.1, 0.15) is 11.5 Å². The van der Waals surface area contributed by atoms with Gasteiger partial charge in [-0.2, -0.15) is 0 Å². The standard InChI is InChI=1S/C17H16N2O3/c1-21-15-5-4-12-9-13(11-18-16(12)10-15)19-17(20)7-6-14-3-2-8-22-14/h2-5,8-11H,6-7H2,1H3,(H,19,20). The zero-order valence-electron chi connectivity index (χ0n) is 12.2. The van der Waals surface area contributed by atoms with E-state index in [-0.39, 0.29) is 5.91 Å². The summed E-state index contributed by atoms with van der Waals surface area (Å²) < 4.78 is 10.4. The van der Waals surface area contributed by atoms with Crippen molar-refractivity contribution >= 4 is 22.5 Å². The van der Waals surface area contributed by atoms with Crippen LogP contribution >= 0.6 is 0 Å². The number of fused-ring (bicyclic) bond motifs is 1. The molecule has 1 amide bonds. The number of hydrogen-bond acceptors (Lipinski definition) is 4. The van der Waals surface area contributed by atoms with Crippen LogP contribution in [-0.4, -0.2) is 18.0 Å². The Morgan fingerprint density at radius 2 is 2.23 bits per heavy atom. The molecule has 22 heavy (non-hydrogen) atoms. The highest BCUT2D eigenvalue weighted by molar-refractivity contribution is 5.93. The summed E-state index contributed by atoms with van der Waals surface area (Å²) in [6.07, 6.45) is 4.20. The molecule has 0 saturated carbocycles. The van der Waals surface area contributed by atoms with Crippen molar-refractivity contribution in [3.8, 4) is 5.75 Å². The first-order valence-corrected chi connectivity index (χ1v) is 7.00. The van der Waals surface area contributed by atoms with Gasteiger partial charge in [0.15, 0.2) is 0 Å². The lowest BCUT2D eigenvalue weighted by molar-refractivity contribution is -0.116. The maximum absolute atomic E-state index is 11.9. The van der Waals surface area contributed by atoms with E-state index >= 15 is 0 Å². The average Bonchev–Trinajstić information content (AvgIpc) is 3.06. The molecule has 2 heterocycles. The van der Waals surface area contributed by atoms with E-state index in [4.69, 9.17) is 9.15 Å². The fraction of sp³-hybridized carbons (Fsp3) is 0.176. The zero-order chi connectivity index (χ0) is 15.4. The lowest BCUT2D eigenvalue weighted by Crippen LogP contribution is -2.12. The van der Waals surface area contributed by atoms with Crippen molar-refractivity contribution in [2.75, 3.05) is 12.4 Å². The van der Waals surface area contributed by atoms with E-state index in [1.807, 2.05) is 36.4 Å². The Labute approximate surface area is 127 Å². The molecule has 5 nitrogen and oxygen atoms in total. The normalized spacial score (nSPS) is 10.6. The van der Waals surface area contributed by atoms with E-state index in [1.54, 1.807) is 19.6 Å². The first-order valence-electron chi connectivity index (χ1n) is 7.00. The molecule has 0 aliphatic rings. The minimum atomic E-state index is -0.0638. The van der Waals surface area contributed by atoms with Crippen LogP contribution < -0.4 is 10.1 Å². The first kappa shape index (κ1) is 14.1. The second kappa shape index (κ2) is 6.30. The minimum absolute atomic E-state index is 0.0638. The third-order valence-electron chi connectivity index (χ3n) is 3.35. The quantitative estimate of drug-likeness (QED) is 0.783. The predicted molar refractivity (Wildman–Crippen MR) is 84.0 cm³/mol. The van der Waals surface area contributed by atoms with E-state index in [2.05, 4.69) is 10.3 Å². The third kappa shape index (κ3) is 3.25. The highest BCUT2D eigenvalue weighted by atomic mass is 16.5. The molecule has 0 atom stereocenters. The van der Waals surface area contributed by atoms with Gasteiger partial charge in [0.25, 0.3) is 0 Å². The maximum atomic E-state index is 11.9. The van der Waals surface area contributed by atoms with Gasteiger partial charge in [-0.15, -0.1) is 0 Å². The Morgan fingerprint density at radius 1 is 1.32 bits per heavy atom. The van der Waals surface area contributed by atoms with Crippen molar-refractivity contribution < 1.29 is 13.9 Å². The Morgan fingerprint density at radius 3 is 3.00 bits per heavy atom. The highest BCUT2D eigenvalue weighted by Gasteiger charge is 2.06. The lowest BCUT2D eigenvalue weighted by Gasteiger charge is -2.06. The lowest BCUT2D eigenvalue weighted by atomic mass is 10.2. The van der Waals surface area contributed by atoms with Gasteiger partial charge in [0, 0.05) is 24.3 Å². The number of ether oxygens (including phenoxy) is 1. The summed E-state index contributed by atoms with van der Waals surface area (Å²) in [4.78, 5) is 16.3. The second-order valence-electron chi connectivity index (χ2n) is 4.91. The van der Waals surface area contributed by atoms with Gasteiger partial charge in [0.2, 0.25) is 5.91 Å². The van der Waals surface area contributed by atoms with Crippen LogP contribution in [0.3, 0.4) is 0 Å². The molecule has 1 aromatic carbocycles. The Balaban J connectivity index is 1.66. The molecule has 1 N–H and O–H groups in total. The van der Waals surface area contributed by atoms with E-state index in [0.717, 1.165) is 22.4 Å². The molecule has 2 aromatic heterocycles. The van der Waals surface area contributed by atoms with Crippen molar-refractivity contribution in [1.29, 1.82) is 0 Å². The van der Waals surface area contributed by atoms with Crippen molar-refractivity contribution in [2.45, 2.75) is 12.8 Å². The number of hydrogen-bond donors (Lipinski definition) is 1. The summed E-state index contributed by atoms with van der Waals surface area (Å²) in [5.41, 5.74) is 1.51. The molecule has 0 radical (unpaired) electrons. The number of nitrogens with zero attached hydrogens (tertiary/aromatic N) is 1. The van der Waals surface area contributed by atoms with Crippen LogP contribution in [0.5, 0.6) is 5.75 Å². The van der Waals surface area contributed by atoms with Gasteiger partial charge in [-0.1, -0.05) is 0 Å². The van der Waals surface area contributed by atoms with E-state index in [1.165, 1.54) is 0 Å². The van der Waals surface area contributed by atoms with Crippen molar-refractivity contribution in [2.24, 2.45) is 0 Å². The largest absolute Gasteiger partial charge is 0.497 e. The van der Waals surface area contributed by atoms with Crippen LogP contribution in [0.15, 0.2) is 53.3 Å². The van der Waals surface area contributed by atoms with Crippen LogP contribution in [0.4, 0.5) is 5.69 Å². The zero-order valence-corrected chi connectivity index (χ0v) is 12.2. The number of rotatable bonds is 5. The van der Waals surface area contributed by atoms with E-state index in [0.29, 0.717) is 18.5 Å². The molecule has 0 fully saturated rings. The molecule has 0 aliphatic carbocycles. The molecule has 0 bridgehead atoms. The SMILES string of the molecule is COc1ccc2cc(NC(=O)CCc3ccco3)cnc2c1. The summed E-state index contributed by atoms with van der Waals surface area (Å²) in [7, 11) is 1.62.